The number of likely N-dealkylation sites (tertiary alicyclic amines) is 1. The molecule has 0 amide bonds. The van der Waals surface area contributed by atoms with Crippen LogP contribution < -0.4 is 0 Å². The lowest BCUT2D eigenvalue weighted by Gasteiger charge is -2.27. The average molecular weight is 270 g/mol. The van der Waals surface area contributed by atoms with Crippen molar-refractivity contribution in [2.75, 3.05) is 13.1 Å². The van der Waals surface area contributed by atoms with Crippen LogP contribution in [0.4, 0.5) is 0 Å². The first-order valence-corrected chi connectivity index (χ1v) is 6.24. The first-order chi connectivity index (χ1) is 8.22. The van der Waals surface area contributed by atoms with E-state index in [4.69, 9.17) is 5.11 Å². The molecule has 2 rings (SSSR count). The van der Waals surface area contributed by atoms with Crippen LogP contribution in [0.1, 0.15) is 31.4 Å². The lowest BCUT2D eigenvalue weighted by atomic mass is 10.0. The van der Waals surface area contributed by atoms with Crippen LogP contribution in [-0.2, 0) is 4.79 Å². The average Bonchev–Trinajstić information content (AvgIpc) is 2.81. The maximum absolute atomic E-state index is 11.0. The van der Waals surface area contributed by atoms with Crippen molar-refractivity contribution < 1.29 is 9.90 Å². The fraction of sp³-hybridized carbons (Fsp3) is 0.500. The minimum atomic E-state index is -0.657. The van der Waals surface area contributed by atoms with Gasteiger partial charge in [-0.25, -0.2) is 0 Å². The molecule has 2 atom stereocenters. The van der Waals surface area contributed by atoms with E-state index in [2.05, 4.69) is 24.0 Å². The van der Waals surface area contributed by atoms with Crippen LogP contribution in [-0.4, -0.2) is 29.1 Å². The van der Waals surface area contributed by atoms with Crippen LogP contribution in [0.3, 0.4) is 0 Å². The van der Waals surface area contributed by atoms with E-state index in [9.17, 15) is 4.79 Å². The Morgan fingerprint density at radius 1 is 1.44 bits per heavy atom. The molecule has 0 bridgehead atoms. The summed E-state index contributed by atoms with van der Waals surface area (Å²) in [6.45, 7) is 3.73. The molecule has 1 aromatic rings. The molecule has 1 heterocycles. The highest BCUT2D eigenvalue weighted by Crippen LogP contribution is 2.29. The van der Waals surface area contributed by atoms with E-state index < -0.39 is 5.97 Å². The molecular formula is C14H20ClNO2. The molecule has 4 heteroatoms. The summed E-state index contributed by atoms with van der Waals surface area (Å²) in [5.74, 6) is -0.844. The highest BCUT2D eigenvalue weighted by molar-refractivity contribution is 5.85. The van der Waals surface area contributed by atoms with E-state index in [0.717, 1.165) is 19.4 Å². The maximum Gasteiger partial charge on any atom is 0.307 e. The molecule has 0 radical (unpaired) electrons. The Kier molecular flexibility index (Phi) is 5.63. The number of halogens is 1. The van der Waals surface area contributed by atoms with Crippen molar-refractivity contribution in [2.24, 2.45) is 5.92 Å². The summed E-state index contributed by atoms with van der Waals surface area (Å²) >= 11 is 0. The van der Waals surface area contributed by atoms with Gasteiger partial charge in [0, 0.05) is 12.6 Å². The number of carboxylic acids is 1. The fourth-order valence-electron chi connectivity index (χ4n) is 2.65. The van der Waals surface area contributed by atoms with Gasteiger partial charge in [-0.15, -0.1) is 12.4 Å². The van der Waals surface area contributed by atoms with Gasteiger partial charge in [0.1, 0.15) is 0 Å². The molecule has 3 nitrogen and oxygen atoms in total. The second-order valence-corrected chi connectivity index (χ2v) is 4.65. The second-order valence-electron chi connectivity index (χ2n) is 4.65. The normalized spacial score (nSPS) is 21.3. The summed E-state index contributed by atoms with van der Waals surface area (Å²) in [7, 11) is 0. The van der Waals surface area contributed by atoms with Gasteiger partial charge in [0.25, 0.3) is 0 Å². The van der Waals surface area contributed by atoms with E-state index >= 15 is 0 Å². The summed E-state index contributed by atoms with van der Waals surface area (Å²) in [5.41, 5.74) is 1.29. The third-order valence-electron chi connectivity index (χ3n) is 3.58. The fourth-order valence-corrected chi connectivity index (χ4v) is 2.65. The monoisotopic (exact) mass is 269 g/mol. The standard InChI is InChI=1S/C14H19NO2.ClH/c1-2-13(11-6-4-3-5-7-11)15-9-8-12(10-15)14(16)17;/h3-7,12-13H,2,8-10H2,1H3,(H,16,17);1H. The lowest BCUT2D eigenvalue weighted by molar-refractivity contribution is -0.141. The summed E-state index contributed by atoms with van der Waals surface area (Å²) in [6, 6.07) is 10.7. The van der Waals surface area contributed by atoms with Crippen molar-refractivity contribution >= 4 is 18.4 Å². The van der Waals surface area contributed by atoms with E-state index in [1.807, 2.05) is 18.2 Å². The third-order valence-corrected chi connectivity index (χ3v) is 3.58. The zero-order valence-electron chi connectivity index (χ0n) is 10.6. The van der Waals surface area contributed by atoms with E-state index in [1.165, 1.54) is 5.56 Å². The molecule has 0 spiro atoms. The van der Waals surface area contributed by atoms with Gasteiger partial charge < -0.3 is 5.11 Å². The summed E-state index contributed by atoms with van der Waals surface area (Å²) in [5, 5.41) is 9.03. The Hall–Kier alpha value is -1.06. The lowest BCUT2D eigenvalue weighted by Crippen LogP contribution is -2.27. The second kappa shape index (κ2) is 6.76. The zero-order chi connectivity index (χ0) is 12.3. The first-order valence-electron chi connectivity index (χ1n) is 6.24. The number of nitrogens with zero attached hydrogens (tertiary/aromatic N) is 1. The highest BCUT2D eigenvalue weighted by Gasteiger charge is 2.31. The van der Waals surface area contributed by atoms with Crippen LogP contribution >= 0.6 is 12.4 Å². The van der Waals surface area contributed by atoms with Gasteiger partial charge in [-0.3, -0.25) is 9.69 Å². The summed E-state index contributed by atoms with van der Waals surface area (Å²) in [4.78, 5) is 13.3. The number of carbonyl (C=O) groups is 1. The third kappa shape index (κ3) is 3.24. The van der Waals surface area contributed by atoms with Crippen LogP contribution in [0, 0.1) is 5.92 Å². The summed E-state index contributed by atoms with van der Waals surface area (Å²) in [6.07, 6.45) is 1.80. The van der Waals surface area contributed by atoms with Crippen LogP contribution in [0.5, 0.6) is 0 Å². The predicted octanol–water partition coefficient (Wildman–Crippen LogP) is 2.97. The van der Waals surface area contributed by atoms with E-state index in [0.29, 0.717) is 12.6 Å². The first kappa shape index (κ1) is 15.0. The smallest absolute Gasteiger partial charge is 0.307 e. The Bertz CT molecular complexity index is 383. The quantitative estimate of drug-likeness (QED) is 0.914. The van der Waals surface area contributed by atoms with Crippen molar-refractivity contribution in [1.82, 2.24) is 4.90 Å². The van der Waals surface area contributed by atoms with Crippen molar-refractivity contribution in [1.29, 1.82) is 0 Å². The highest BCUT2D eigenvalue weighted by atomic mass is 35.5. The van der Waals surface area contributed by atoms with Gasteiger partial charge in [0.05, 0.1) is 5.92 Å². The van der Waals surface area contributed by atoms with Crippen molar-refractivity contribution in [2.45, 2.75) is 25.8 Å². The van der Waals surface area contributed by atoms with Gasteiger partial charge in [0.15, 0.2) is 0 Å². The molecular weight excluding hydrogens is 250 g/mol. The molecule has 0 saturated carbocycles. The molecule has 100 valence electrons. The number of aliphatic carboxylic acids is 1. The van der Waals surface area contributed by atoms with Gasteiger partial charge in [-0.1, -0.05) is 37.3 Å². The Morgan fingerprint density at radius 2 is 2.11 bits per heavy atom. The number of hydrogen-bond acceptors (Lipinski definition) is 2. The van der Waals surface area contributed by atoms with Crippen LogP contribution in [0.25, 0.3) is 0 Å². The molecule has 1 fully saturated rings. The molecule has 1 saturated heterocycles. The molecule has 1 aliphatic heterocycles. The Morgan fingerprint density at radius 3 is 2.61 bits per heavy atom. The zero-order valence-corrected chi connectivity index (χ0v) is 11.4. The molecule has 0 aliphatic carbocycles. The molecule has 2 unspecified atom stereocenters. The molecule has 1 aromatic carbocycles. The van der Waals surface area contributed by atoms with Gasteiger partial charge >= 0.3 is 5.97 Å². The topological polar surface area (TPSA) is 40.5 Å². The summed E-state index contributed by atoms with van der Waals surface area (Å²) < 4.78 is 0. The molecule has 1 aliphatic rings. The largest absolute Gasteiger partial charge is 0.481 e. The van der Waals surface area contributed by atoms with Gasteiger partial charge in [-0.2, -0.15) is 0 Å². The van der Waals surface area contributed by atoms with Crippen LogP contribution in [0.2, 0.25) is 0 Å². The van der Waals surface area contributed by atoms with Crippen molar-refractivity contribution in [3.63, 3.8) is 0 Å². The van der Waals surface area contributed by atoms with Crippen molar-refractivity contribution in [3.8, 4) is 0 Å². The number of benzene rings is 1. The molecule has 0 aromatic heterocycles. The Labute approximate surface area is 114 Å². The molecule has 18 heavy (non-hydrogen) atoms. The minimum Gasteiger partial charge on any atom is -0.481 e. The van der Waals surface area contributed by atoms with Crippen molar-refractivity contribution in [3.05, 3.63) is 35.9 Å². The predicted molar refractivity (Wildman–Crippen MR) is 74.0 cm³/mol. The number of rotatable bonds is 4. The van der Waals surface area contributed by atoms with E-state index in [-0.39, 0.29) is 18.3 Å². The Balaban J connectivity index is 0.00000162. The molecule has 1 N–H and O–H groups in total. The van der Waals surface area contributed by atoms with Crippen LogP contribution in [0.15, 0.2) is 30.3 Å². The van der Waals surface area contributed by atoms with E-state index in [1.54, 1.807) is 0 Å². The minimum absolute atomic E-state index is 0. The number of hydrogen-bond donors (Lipinski definition) is 1. The number of carboxylic acid groups (broad SMARTS) is 1. The van der Waals surface area contributed by atoms with Gasteiger partial charge in [0.2, 0.25) is 0 Å². The maximum atomic E-state index is 11.0. The SMILES string of the molecule is CCC(c1ccccc1)N1CCC(C(=O)O)C1.Cl. The van der Waals surface area contributed by atoms with Gasteiger partial charge in [-0.05, 0) is 24.9 Å².